The van der Waals surface area contributed by atoms with Gasteiger partial charge in [0.25, 0.3) is 0 Å². The van der Waals surface area contributed by atoms with Crippen molar-refractivity contribution in [2.45, 2.75) is 37.4 Å². The van der Waals surface area contributed by atoms with E-state index in [1.807, 2.05) is 6.07 Å². The number of nitrogens with one attached hydrogen (secondary N) is 1. The lowest BCUT2D eigenvalue weighted by molar-refractivity contribution is -0.137. The molecule has 0 spiro atoms. The summed E-state index contributed by atoms with van der Waals surface area (Å²) in [4.78, 5) is 11.9. The molecule has 0 saturated heterocycles. The number of anilines is 1. The van der Waals surface area contributed by atoms with Crippen LogP contribution in [0, 0.1) is 17.8 Å². The molecule has 2 saturated carbocycles. The maximum Gasteiger partial charge on any atom is 0.416 e. The van der Waals surface area contributed by atoms with Crippen molar-refractivity contribution in [1.29, 1.82) is 0 Å². The molecule has 1 aliphatic heterocycles. The molecule has 5 atom stereocenters. The Hall–Kier alpha value is -2.21. The molecule has 152 valence electrons. The van der Waals surface area contributed by atoms with Crippen LogP contribution in [0.2, 0.25) is 5.02 Å². The predicted octanol–water partition coefficient (Wildman–Crippen LogP) is 6.35. The van der Waals surface area contributed by atoms with Crippen LogP contribution in [0.25, 0.3) is 0 Å². The summed E-state index contributed by atoms with van der Waals surface area (Å²) >= 11 is 6.23. The molecule has 5 rings (SSSR count). The topological polar surface area (TPSA) is 49.3 Å². The molecule has 2 fully saturated rings. The smallest absolute Gasteiger partial charge is 0.416 e. The number of hydrogen-bond acceptors (Lipinski definition) is 2. The number of carboxylic acid groups (broad SMARTS) is 1. The Morgan fingerprint density at radius 3 is 2.62 bits per heavy atom. The summed E-state index contributed by atoms with van der Waals surface area (Å²) in [6, 6.07) is 8.28. The van der Waals surface area contributed by atoms with Gasteiger partial charge in [-0.3, -0.25) is 0 Å². The summed E-state index contributed by atoms with van der Waals surface area (Å²) in [6.07, 6.45) is -1.27. The van der Waals surface area contributed by atoms with Crippen LogP contribution in [-0.2, 0) is 6.18 Å². The second-order valence-electron chi connectivity index (χ2n) is 8.40. The van der Waals surface area contributed by atoms with Crippen molar-refractivity contribution in [2.75, 3.05) is 5.32 Å². The number of carboxylic acids is 1. The first-order valence-corrected chi connectivity index (χ1v) is 10.1. The molecule has 7 heteroatoms. The fourth-order valence-electron chi connectivity index (χ4n) is 5.96. The molecule has 0 aromatic heterocycles. The van der Waals surface area contributed by atoms with Crippen molar-refractivity contribution < 1.29 is 23.1 Å². The number of alkyl halides is 3. The van der Waals surface area contributed by atoms with Gasteiger partial charge < -0.3 is 10.4 Å². The van der Waals surface area contributed by atoms with E-state index in [-0.39, 0.29) is 23.4 Å². The molecule has 5 unspecified atom stereocenters. The van der Waals surface area contributed by atoms with Crippen molar-refractivity contribution in [1.82, 2.24) is 0 Å². The van der Waals surface area contributed by atoms with Gasteiger partial charge in [0.15, 0.2) is 0 Å². The van der Waals surface area contributed by atoms with E-state index in [2.05, 4.69) is 5.32 Å². The van der Waals surface area contributed by atoms with Gasteiger partial charge in [0.2, 0.25) is 0 Å². The predicted molar refractivity (Wildman–Crippen MR) is 103 cm³/mol. The summed E-state index contributed by atoms with van der Waals surface area (Å²) in [7, 11) is 0. The molecule has 2 bridgehead atoms. The van der Waals surface area contributed by atoms with Gasteiger partial charge in [0.1, 0.15) is 0 Å². The highest BCUT2D eigenvalue weighted by atomic mass is 35.5. The second-order valence-corrected chi connectivity index (χ2v) is 8.84. The maximum atomic E-state index is 13.3. The minimum atomic E-state index is -4.42. The number of hydrogen-bond donors (Lipinski definition) is 2. The average Bonchev–Trinajstić information content (AvgIpc) is 3.28. The average molecular weight is 422 g/mol. The highest BCUT2D eigenvalue weighted by Gasteiger charge is 2.54. The zero-order valence-electron chi connectivity index (χ0n) is 15.3. The summed E-state index contributed by atoms with van der Waals surface area (Å²) in [5.74, 6) is -0.0245. The molecule has 2 aliphatic carbocycles. The minimum Gasteiger partial charge on any atom is -0.478 e. The van der Waals surface area contributed by atoms with Gasteiger partial charge in [0, 0.05) is 5.02 Å². The Balaban J connectivity index is 1.67. The maximum absolute atomic E-state index is 13.3. The third-order valence-electron chi connectivity index (χ3n) is 6.96. The van der Waals surface area contributed by atoms with Gasteiger partial charge >= 0.3 is 12.1 Å². The molecular weight excluding hydrogens is 403 g/mol. The molecule has 2 aromatic carbocycles. The van der Waals surface area contributed by atoms with Gasteiger partial charge in [-0.25, -0.2) is 4.79 Å². The summed E-state index contributed by atoms with van der Waals surface area (Å²) in [6.45, 7) is 0. The van der Waals surface area contributed by atoms with Crippen LogP contribution < -0.4 is 5.32 Å². The number of aromatic carboxylic acids is 1. The largest absolute Gasteiger partial charge is 0.478 e. The van der Waals surface area contributed by atoms with Gasteiger partial charge in [-0.1, -0.05) is 23.7 Å². The van der Waals surface area contributed by atoms with E-state index in [1.165, 1.54) is 18.2 Å². The van der Waals surface area contributed by atoms with E-state index in [0.29, 0.717) is 28.1 Å². The van der Waals surface area contributed by atoms with E-state index in [0.717, 1.165) is 30.9 Å². The number of halogens is 4. The van der Waals surface area contributed by atoms with Crippen LogP contribution in [-0.4, -0.2) is 11.1 Å². The highest BCUT2D eigenvalue weighted by molar-refractivity contribution is 6.31. The second kappa shape index (κ2) is 6.39. The molecule has 29 heavy (non-hydrogen) atoms. The molecule has 0 amide bonds. The first kappa shape index (κ1) is 18.8. The van der Waals surface area contributed by atoms with Crippen molar-refractivity contribution >= 4 is 23.3 Å². The molecule has 3 nitrogen and oxygen atoms in total. The van der Waals surface area contributed by atoms with Crippen LogP contribution in [0.15, 0.2) is 36.4 Å². The highest BCUT2D eigenvalue weighted by Crippen LogP contribution is 2.64. The minimum absolute atomic E-state index is 0.0747. The lowest BCUT2D eigenvalue weighted by Gasteiger charge is -2.44. The normalized spacial score (nSPS) is 29.9. The first-order valence-electron chi connectivity index (χ1n) is 9.74. The Labute approximate surface area is 170 Å². The zero-order chi connectivity index (χ0) is 20.5. The lowest BCUT2D eigenvalue weighted by Crippen LogP contribution is -2.36. The van der Waals surface area contributed by atoms with Crippen molar-refractivity contribution in [2.24, 2.45) is 17.8 Å². The van der Waals surface area contributed by atoms with Crippen LogP contribution in [0.1, 0.15) is 58.3 Å². The van der Waals surface area contributed by atoms with E-state index in [4.69, 9.17) is 11.6 Å². The van der Waals surface area contributed by atoms with Crippen LogP contribution in [0.3, 0.4) is 0 Å². The number of carbonyl (C=O) groups is 1. The third-order valence-corrected chi connectivity index (χ3v) is 7.18. The van der Waals surface area contributed by atoms with Crippen molar-refractivity contribution in [3.63, 3.8) is 0 Å². The van der Waals surface area contributed by atoms with Crippen LogP contribution >= 0.6 is 11.6 Å². The van der Waals surface area contributed by atoms with Crippen molar-refractivity contribution in [3.05, 3.63) is 63.7 Å². The molecule has 0 radical (unpaired) electrons. The standard InChI is InChI=1S/C22H19ClF3NO2/c23-14-8-15-17-10-4-5-11(6-10)18(17)19(27-20(15)16(9-14)21(28)29)12-2-1-3-13(7-12)22(24,25)26/h1-3,7-11,17-19,27H,4-6H2,(H,28,29). The molecule has 2 aromatic rings. The van der Waals surface area contributed by atoms with Gasteiger partial charge in [-0.15, -0.1) is 0 Å². The van der Waals surface area contributed by atoms with Gasteiger partial charge in [0.05, 0.1) is 22.9 Å². The van der Waals surface area contributed by atoms with Gasteiger partial charge in [-0.2, -0.15) is 13.2 Å². The number of rotatable bonds is 2. The van der Waals surface area contributed by atoms with Gasteiger partial charge in [-0.05, 0) is 78.3 Å². The van der Waals surface area contributed by atoms with E-state index in [9.17, 15) is 23.1 Å². The quantitative estimate of drug-likeness (QED) is 0.593. The number of benzene rings is 2. The van der Waals surface area contributed by atoms with E-state index in [1.54, 1.807) is 6.07 Å². The lowest BCUT2D eigenvalue weighted by atomic mass is 9.67. The van der Waals surface area contributed by atoms with Crippen LogP contribution in [0.4, 0.5) is 18.9 Å². The summed E-state index contributed by atoms with van der Waals surface area (Å²) in [5.41, 5.74) is 1.34. The monoisotopic (exact) mass is 421 g/mol. The Bertz CT molecular complexity index is 1010. The van der Waals surface area contributed by atoms with Crippen LogP contribution in [0.5, 0.6) is 0 Å². The molecule has 3 aliphatic rings. The number of fused-ring (bicyclic) bond motifs is 7. The Morgan fingerprint density at radius 2 is 1.90 bits per heavy atom. The molecule has 1 heterocycles. The summed E-state index contributed by atoms with van der Waals surface area (Å²) < 4.78 is 39.9. The Morgan fingerprint density at radius 1 is 1.14 bits per heavy atom. The SMILES string of the molecule is O=C(O)c1cc(Cl)cc2c1NC(c1cccc(C(F)(F)F)c1)C1C3CCC(C3)C21. The first-order chi connectivity index (χ1) is 13.7. The fourth-order valence-corrected chi connectivity index (χ4v) is 6.19. The van der Waals surface area contributed by atoms with E-state index < -0.39 is 17.7 Å². The fraction of sp³-hybridized carbons (Fsp3) is 0.409. The molecular formula is C22H19ClF3NO2. The molecule has 2 N–H and O–H groups in total. The van der Waals surface area contributed by atoms with Crippen molar-refractivity contribution in [3.8, 4) is 0 Å². The zero-order valence-corrected chi connectivity index (χ0v) is 16.1. The third kappa shape index (κ3) is 2.91. The Kier molecular flexibility index (Phi) is 4.14. The van der Waals surface area contributed by atoms with E-state index >= 15 is 0 Å². The summed E-state index contributed by atoms with van der Waals surface area (Å²) in [5, 5.41) is 13.4.